The van der Waals surface area contributed by atoms with Gasteiger partial charge in [0.15, 0.2) is 11.7 Å². The number of carbonyl (C=O) groups excluding carboxylic acids is 2. The smallest absolute Gasteiger partial charge is 0.223 e. The lowest BCUT2D eigenvalue weighted by molar-refractivity contribution is -0.135. The molecular formula is C18H19Cl2N3O3. The number of hydrogen-bond donors (Lipinski definition) is 1. The van der Waals surface area contributed by atoms with E-state index in [9.17, 15) is 9.59 Å². The van der Waals surface area contributed by atoms with E-state index in [4.69, 9.17) is 33.4 Å². The summed E-state index contributed by atoms with van der Waals surface area (Å²) in [6.07, 6.45) is 3.75. The number of oxazole rings is 1. The summed E-state index contributed by atoms with van der Waals surface area (Å²) in [4.78, 5) is 29.6. The van der Waals surface area contributed by atoms with E-state index in [1.165, 1.54) is 0 Å². The molecule has 3 rings (SSSR count). The standard InChI is InChI=1S/C18H19Cl2N3O3/c19-12-3-4-13(14(20)8-12)15-9-22-16(26-15)5-6-17(24)23-7-1-2-11(10-23)18(21)25/h3-4,8-9,11H,1-2,5-7,10H2,(H2,21,25). The summed E-state index contributed by atoms with van der Waals surface area (Å²) >= 11 is 12.1. The van der Waals surface area contributed by atoms with E-state index in [0.717, 1.165) is 12.8 Å². The van der Waals surface area contributed by atoms with Gasteiger partial charge in [-0.15, -0.1) is 0 Å². The minimum atomic E-state index is -0.348. The van der Waals surface area contributed by atoms with Crippen LogP contribution in [0, 0.1) is 5.92 Å². The van der Waals surface area contributed by atoms with Crippen LogP contribution in [0.3, 0.4) is 0 Å². The average Bonchev–Trinajstić information content (AvgIpc) is 3.08. The van der Waals surface area contributed by atoms with Gasteiger partial charge in [-0.2, -0.15) is 0 Å². The first-order valence-electron chi connectivity index (χ1n) is 8.41. The van der Waals surface area contributed by atoms with E-state index in [-0.39, 0.29) is 24.2 Å². The normalized spacial score (nSPS) is 17.3. The van der Waals surface area contributed by atoms with Crippen LogP contribution in [0.4, 0.5) is 0 Å². The van der Waals surface area contributed by atoms with Crippen LogP contribution in [-0.4, -0.2) is 34.8 Å². The van der Waals surface area contributed by atoms with Gasteiger partial charge in [0.25, 0.3) is 0 Å². The van der Waals surface area contributed by atoms with Crippen LogP contribution in [0.5, 0.6) is 0 Å². The van der Waals surface area contributed by atoms with Gasteiger partial charge in [0.2, 0.25) is 11.8 Å². The Hall–Kier alpha value is -2.05. The van der Waals surface area contributed by atoms with Crippen molar-refractivity contribution >= 4 is 35.0 Å². The molecular weight excluding hydrogens is 377 g/mol. The molecule has 1 aliphatic rings. The first-order chi connectivity index (χ1) is 12.4. The van der Waals surface area contributed by atoms with E-state index < -0.39 is 0 Å². The molecule has 26 heavy (non-hydrogen) atoms. The molecule has 1 atom stereocenters. The van der Waals surface area contributed by atoms with E-state index in [1.54, 1.807) is 29.3 Å². The molecule has 138 valence electrons. The average molecular weight is 396 g/mol. The molecule has 2 N–H and O–H groups in total. The molecule has 1 unspecified atom stereocenters. The van der Waals surface area contributed by atoms with Crippen LogP contribution in [-0.2, 0) is 16.0 Å². The Morgan fingerprint density at radius 1 is 1.35 bits per heavy atom. The van der Waals surface area contributed by atoms with Gasteiger partial charge < -0.3 is 15.1 Å². The Kier molecular flexibility index (Phi) is 5.84. The minimum absolute atomic E-state index is 0.0276. The predicted octanol–water partition coefficient (Wildman–Crippen LogP) is 3.30. The molecule has 1 aromatic heterocycles. The molecule has 8 heteroatoms. The third-order valence-corrected chi connectivity index (χ3v) is 5.03. The number of aromatic nitrogens is 1. The predicted molar refractivity (Wildman–Crippen MR) is 98.8 cm³/mol. The number of primary amides is 1. The van der Waals surface area contributed by atoms with Crippen LogP contribution in [0.15, 0.2) is 28.8 Å². The Balaban J connectivity index is 1.59. The number of nitrogens with two attached hydrogens (primary N) is 1. The summed E-state index contributed by atoms with van der Waals surface area (Å²) in [5.41, 5.74) is 6.05. The molecule has 1 fully saturated rings. The molecule has 1 saturated heterocycles. The highest BCUT2D eigenvalue weighted by Crippen LogP contribution is 2.31. The van der Waals surface area contributed by atoms with E-state index in [2.05, 4.69) is 4.98 Å². The van der Waals surface area contributed by atoms with Crippen molar-refractivity contribution in [1.29, 1.82) is 0 Å². The minimum Gasteiger partial charge on any atom is -0.441 e. The molecule has 0 bridgehead atoms. The maximum Gasteiger partial charge on any atom is 0.223 e. The van der Waals surface area contributed by atoms with Gasteiger partial charge in [-0.25, -0.2) is 4.98 Å². The van der Waals surface area contributed by atoms with Crippen molar-refractivity contribution in [2.24, 2.45) is 11.7 Å². The molecule has 1 aromatic carbocycles. The number of piperidine rings is 1. The highest BCUT2D eigenvalue weighted by atomic mass is 35.5. The number of amides is 2. The summed E-state index contributed by atoms with van der Waals surface area (Å²) < 4.78 is 5.70. The monoisotopic (exact) mass is 395 g/mol. The molecule has 0 saturated carbocycles. The fraction of sp³-hybridized carbons (Fsp3) is 0.389. The molecule has 0 spiro atoms. The molecule has 0 aliphatic carbocycles. The highest BCUT2D eigenvalue weighted by Gasteiger charge is 2.26. The zero-order valence-corrected chi connectivity index (χ0v) is 15.6. The third kappa shape index (κ3) is 4.37. The van der Waals surface area contributed by atoms with Crippen LogP contribution in [0.1, 0.15) is 25.2 Å². The van der Waals surface area contributed by atoms with Gasteiger partial charge in [-0.05, 0) is 31.0 Å². The molecule has 2 amide bonds. The van der Waals surface area contributed by atoms with Crippen molar-refractivity contribution in [2.75, 3.05) is 13.1 Å². The Morgan fingerprint density at radius 2 is 2.15 bits per heavy atom. The second-order valence-corrected chi connectivity index (χ2v) is 7.17. The van der Waals surface area contributed by atoms with Crippen molar-refractivity contribution in [1.82, 2.24) is 9.88 Å². The zero-order chi connectivity index (χ0) is 18.7. The number of nitrogens with zero attached hydrogens (tertiary/aromatic N) is 2. The van der Waals surface area contributed by atoms with Gasteiger partial charge >= 0.3 is 0 Å². The molecule has 2 aromatic rings. The Bertz CT molecular complexity index is 822. The third-order valence-electron chi connectivity index (χ3n) is 4.48. The second-order valence-electron chi connectivity index (χ2n) is 6.32. The first-order valence-corrected chi connectivity index (χ1v) is 9.17. The lowest BCUT2D eigenvalue weighted by atomic mass is 9.97. The topological polar surface area (TPSA) is 89.4 Å². The lowest BCUT2D eigenvalue weighted by Gasteiger charge is -2.31. The Labute approximate surface area is 161 Å². The Morgan fingerprint density at radius 3 is 2.88 bits per heavy atom. The van der Waals surface area contributed by atoms with Crippen LogP contribution >= 0.6 is 23.2 Å². The fourth-order valence-electron chi connectivity index (χ4n) is 3.05. The SMILES string of the molecule is NC(=O)C1CCCN(C(=O)CCc2ncc(-c3ccc(Cl)cc3Cl)o2)C1. The lowest BCUT2D eigenvalue weighted by Crippen LogP contribution is -2.44. The molecule has 6 nitrogen and oxygen atoms in total. The van der Waals surface area contributed by atoms with E-state index in [1.807, 2.05) is 0 Å². The van der Waals surface area contributed by atoms with Gasteiger partial charge in [-0.3, -0.25) is 9.59 Å². The zero-order valence-electron chi connectivity index (χ0n) is 14.1. The second kappa shape index (κ2) is 8.10. The number of benzene rings is 1. The van der Waals surface area contributed by atoms with Crippen molar-refractivity contribution in [3.63, 3.8) is 0 Å². The number of likely N-dealkylation sites (tertiary alicyclic amines) is 1. The van der Waals surface area contributed by atoms with Crippen LogP contribution < -0.4 is 5.73 Å². The maximum absolute atomic E-state index is 12.4. The highest BCUT2D eigenvalue weighted by molar-refractivity contribution is 6.36. The fourth-order valence-corrected chi connectivity index (χ4v) is 3.55. The van der Waals surface area contributed by atoms with Crippen LogP contribution in [0.2, 0.25) is 10.0 Å². The number of aryl methyl sites for hydroxylation is 1. The summed E-state index contributed by atoms with van der Waals surface area (Å²) in [5.74, 6) is 0.358. The maximum atomic E-state index is 12.4. The van der Waals surface area contributed by atoms with E-state index in [0.29, 0.717) is 46.8 Å². The number of halogens is 2. The summed E-state index contributed by atoms with van der Waals surface area (Å²) in [6, 6.07) is 5.12. The summed E-state index contributed by atoms with van der Waals surface area (Å²) in [5, 5.41) is 1.02. The molecule has 2 heterocycles. The number of hydrogen-bond acceptors (Lipinski definition) is 4. The van der Waals surface area contributed by atoms with Gasteiger partial charge in [0.1, 0.15) is 0 Å². The van der Waals surface area contributed by atoms with Crippen molar-refractivity contribution < 1.29 is 14.0 Å². The molecule has 0 radical (unpaired) electrons. The van der Waals surface area contributed by atoms with Crippen molar-refractivity contribution in [2.45, 2.75) is 25.7 Å². The first kappa shape index (κ1) is 18.7. The van der Waals surface area contributed by atoms with Crippen molar-refractivity contribution in [3.05, 3.63) is 40.3 Å². The molecule has 1 aliphatic heterocycles. The quantitative estimate of drug-likeness (QED) is 0.840. The number of carbonyl (C=O) groups is 2. The van der Waals surface area contributed by atoms with Gasteiger partial charge in [-0.1, -0.05) is 23.2 Å². The summed E-state index contributed by atoms with van der Waals surface area (Å²) in [6.45, 7) is 1.05. The summed E-state index contributed by atoms with van der Waals surface area (Å²) in [7, 11) is 0. The van der Waals surface area contributed by atoms with Crippen molar-refractivity contribution in [3.8, 4) is 11.3 Å². The van der Waals surface area contributed by atoms with Gasteiger partial charge in [0.05, 0.1) is 17.1 Å². The van der Waals surface area contributed by atoms with Crippen LogP contribution in [0.25, 0.3) is 11.3 Å². The largest absolute Gasteiger partial charge is 0.441 e. The number of rotatable bonds is 5. The van der Waals surface area contributed by atoms with E-state index >= 15 is 0 Å². The van der Waals surface area contributed by atoms with Gasteiger partial charge in [0, 0.05) is 36.5 Å².